The van der Waals surface area contributed by atoms with Crippen LogP contribution < -0.4 is 0 Å². The molecule has 0 heterocycles. The van der Waals surface area contributed by atoms with Gasteiger partial charge in [-0.25, -0.2) is 4.79 Å². The molecule has 0 spiro atoms. The fourth-order valence-corrected chi connectivity index (χ4v) is 1.57. The van der Waals surface area contributed by atoms with Gasteiger partial charge in [-0.1, -0.05) is 19.1 Å². The van der Waals surface area contributed by atoms with E-state index in [1.54, 1.807) is 12.1 Å². The van der Waals surface area contributed by atoms with Gasteiger partial charge in [0.05, 0.1) is 0 Å². The number of carbonyl (C=O) groups is 1. The van der Waals surface area contributed by atoms with Crippen molar-refractivity contribution in [3.05, 3.63) is 35.4 Å². The number of hydrogen-bond acceptors (Lipinski definition) is 2. The van der Waals surface area contributed by atoms with E-state index < -0.39 is 5.97 Å². The fourth-order valence-electron chi connectivity index (χ4n) is 1.57. The Kier molecular flexibility index (Phi) is 3.50. The molecule has 0 unspecified atom stereocenters. The van der Waals surface area contributed by atoms with E-state index in [0.29, 0.717) is 17.6 Å². The first-order valence-corrected chi connectivity index (χ1v) is 4.78. The lowest BCUT2D eigenvalue weighted by molar-refractivity contribution is -0.131. The van der Waals surface area contributed by atoms with Crippen LogP contribution in [0.1, 0.15) is 24.5 Å². The average Bonchev–Trinajstić information content (AvgIpc) is 2.15. The lowest BCUT2D eigenvalue weighted by Crippen LogP contribution is -1.94. The van der Waals surface area contributed by atoms with Gasteiger partial charge in [-0.2, -0.15) is 0 Å². The maximum absolute atomic E-state index is 10.6. The molecule has 1 aromatic carbocycles. The monoisotopic (exact) mass is 206 g/mol. The van der Waals surface area contributed by atoms with Crippen molar-refractivity contribution in [3.63, 3.8) is 0 Å². The number of rotatable bonds is 3. The maximum atomic E-state index is 10.6. The summed E-state index contributed by atoms with van der Waals surface area (Å²) in [6.07, 6.45) is 1.72. The number of carboxylic acids is 1. The lowest BCUT2D eigenvalue weighted by Gasteiger charge is -2.10. The molecule has 0 saturated heterocycles. The Morgan fingerprint density at radius 3 is 2.60 bits per heavy atom. The van der Waals surface area contributed by atoms with Gasteiger partial charge in [-0.15, -0.1) is 0 Å². The minimum absolute atomic E-state index is 0.129. The molecule has 0 aromatic heterocycles. The predicted molar refractivity (Wildman–Crippen MR) is 58.7 cm³/mol. The van der Waals surface area contributed by atoms with Crippen LogP contribution in [0.25, 0.3) is 5.57 Å². The number of allylic oxidation sites excluding steroid dienone is 1. The molecule has 2 N–H and O–H groups in total. The molecular formula is C12H14O3. The van der Waals surface area contributed by atoms with E-state index in [-0.39, 0.29) is 5.75 Å². The minimum atomic E-state index is -0.991. The van der Waals surface area contributed by atoms with Gasteiger partial charge in [-0.05, 0) is 30.5 Å². The van der Waals surface area contributed by atoms with Crippen LogP contribution in [0.5, 0.6) is 5.75 Å². The van der Waals surface area contributed by atoms with Gasteiger partial charge in [-0.3, -0.25) is 0 Å². The second-order valence-electron chi connectivity index (χ2n) is 3.33. The van der Waals surface area contributed by atoms with Crippen molar-refractivity contribution >= 4 is 11.5 Å². The molecule has 0 amide bonds. The predicted octanol–water partition coefficient (Wildman–Crippen LogP) is 2.58. The number of phenols is 1. The van der Waals surface area contributed by atoms with Crippen LogP contribution in [0, 0.1) is 6.92 Å². The molecule has 1 aromatic rings. The molecule has 0 aliphatic rings. The lowest BCUT2D eigenvalue weighted by atomic mass is 9.97. The first-order chi connectivity index (χ1) is 7.06. The van der Waals surface area contributed by atoms with Crippen LogP contribution in [0.4, 0.5) is 0 Å². The summed E-state index contributed by atoms with van der Waals surface area (Å²) in [6.45, 7) is 3.71. The van der Waals surface area contributed by atoms with Gasteiger partial charge in [0.15, 0.2) is 0 Å². The Bertz CT molecular complexity index is 385. The van der Waals surface area contributed by atoms with Crippen LogP contribution in [0.2, 0.25) is 0 Å². The zero-order chi connectivity index (χ0) is 11.4. The van der Waals surface area contributed by atoms with E-state index in [1.165, 1.54) is 0 Å². The van der Waals surface area contributed by atoms with Crippen LogP contribution in [-0.4, -0.2) is 16.2 Å². The summed E-state index contributed by atoms with van der Waals surface area (Å²) in [5, 5.41) is 18.4. The molecule has 0 saturated carbocycles. The number of aryl methyl sites for hydroxylation is 1. The van der Waals surface area contributed by atoms with E-state index >= 15 is 0 Å². The largest absolute Gasteiger partial charge is 0.507 e. The zero-order valence-electron chi connectivity index (χ0n) is 8.82. The van der Waals surface area contributed by atoms with Crippen LogP contribution in [0.15, 0.2) is 24.3 Å². The molecule has 0 atom stereocenters. The van der Waals surface area contributed by atoms with Crippen LogP contribution in [0.3, 0.4) is 0 Å². The Morgan fingerprint density at radius 2 is 2.13 bits per heavy atom. The smallest absolute Gasteiger partial charge is 0.328 e. The van der Waals surface area contributed by atoms with Gasteiger partial charge >= 0.3 is 5.97 Å². The molecule has 80 valence electrons. The summed E-state index contributed by atoms with van der Waals surface area (Å²) < 4.78 is 0. The number of benzene rings is 1. The van der Waals surface area contributed by atoms with Crippen molar-refractivity contribution in [1.82, 2.24) is 0 Å². The second kappa shape index (κ2) is 4.64. The topological polar surface area (TPSA) is 57.5 Å². The van der Waals surface area contributed by atoms with Crippen molar-refractivity contribution in [2.24, 2.45) is 0 Å². The van der Waals surface area contributed by atoms with Crippen molar-refractivity contribution in [2.75, 3.05) is 0 Å². The zero-order valence-corrected chi connectivity index (χ0v) is 8.82. The Balaban J connectivity index is 3.30. The third kappa shape index (κ3) is 2.59. The Hall–Kier alpha value is -1.77. The van der Waals surface area contributed by atoms with Crippen LogP contribution in [-0.2, 0) is 4.79 Å². The fraction of sp³-hybridized carbons (Fsp3) is 0.250. The van der Waals surface area contributed by atoms with E-state index in [9.17, 15) is 9.90 Å². The number of aromatic hydroxyl groups is 1. The standard InChI is InChI=1S/C12H14O3/c1-3-9(7-11(14)15)12-8(2)5-4-6-10(12)13/h4-7,13H,3H2,1-2H3,(H,14,15)/b9-7+. The third-order valence-electron chi connectivity index (χ3n) is 2.25. The molecule has 0 aliphatic heterocycles. The molecule has 15 heavy (non-hydrogen) atoms. The van der Waals surface area contributed by atoms with Crippen molar-refractivity contribution in [2.45, 2.75) is 20.3 Å². The normalized spacial score (nSPS) is 11.5. The minimum Gasteiger partial charge on any atom is -0.507 e. The maximum Gasteiger partial charge on any atom is 0.328 e. The highest BCUT2D eigenvalue weighted by Crippen LogP contribution is 2.30. The number of phenolic OH excluding ortho intramolecular Hbond substituents is 1. The molecule has 3 heteroatoms. The van der Waals surface area contributed by atoms with Crippen LogP contribution >= 0.6 is 0 Å². The second-order valence-corrected chi connectivity index (χ2v) is 3.33. The average molecular weight is 206 g/mol. The molecular weight excluding hydrogens is 192 g/mol. The van der Waals surface area contributed by atoms with Crippen molar-refractivity contribution in [3.8, 4) is 5.75 Å². The summed E-state index contributed by atoms with van der Waals surface area (Å²) in [7, 11) is 0. The van der Waals surface area contributed by atoms with Crippen molar-refractivity contribution in [1.29, 1.82) is 0 Å². The Labute approximate surface area is 88.7 Å². The highest BCUT2D eigenvalue weighted by atomic mass is 16.4. The van der Waals surface area contributed by atoms with E-state index in [0.717, 1.165) is 11.6 Å². The Morgan fingerprint density at radius 1 is 1.47 bits per heavy atom. The summed E-state index contributed by atoms with van der Waals surface area (Å²) in [6, 6.07) is 5.15. The van der Waals surface area contributed by atoms with Gasteiger partial charge in [0.2, 0.25) is 0 Å². The van der Waals surface area contributed by atoms with Gasteiger partial charge in [0.1, 0.15) is 5.75 Å². The summed E-state index contributed by atoms with van der Waals surface area (Å²) in [5.41, 5.74) is 2.14. The van der Waals surface area contributed by atoms with Gasteiger partial charge in [0.25, 0.3) is 0 Å². The molecule has 0 fully saturated rings. The van der Waals surface area contributed by atoms with Crippen molar-refractivity contribution < 1.29 is 15.0 Å². The summed E-state index contributed by atoms with van der Waals surface area (Å²) >= 11 is 0. The van der Waals surface area contributed by atoms with E-state index in [2.05, 4.69) is 0 Å². The molecule has 0 radical (unpaired) electrons. The summed E-state index contributed by atoms with van der Waals surface area (Å²) in [5.74, 6) is -0.862. The van der Waals surface area contributed by atoms with E-state index in [1.807, 2.05) is 19.9 Å². The molecule has 1 rings (SSSR count). The quantitative estimate of drug-likeness (QED) is 0.747. The summed E-state index contributed by atoms with van der Waals surface area (Å²) in [4.78, 5) is 10.6. The molecule has 0 bridgehead atoms. The number of aliphatic carboxylic acids is 1. The van der Waals surface area contributed by atoms with Gasteiger partial charge < -0.3 is 10.2 Å². The first kappa shape index (κ1) is 11.3. The molecule has 3 nitrogen and oxygen atoms in total. The highest BCUT2D eigenvalue weighted by Gasteiger charge is 2.09. The molecule has 0 aliphatic carbocycles. The SMILES string of the molecule is CC/C(=C\C(=O)O)c1c(C)cccc1O. The number of carboxylic acid groups (broad SMARTS) is 1. The first-order valence-electron chi connectivity index (χ1n) is 4.78. The third-order valence-corrected chi connectivity index (χ3v) is 2.25. The van der Waals surface area contributed by atoms with Gasteiger partial charge in [0, 0.05) is 11.6 Å². The van der Waals surface area contributed by atoms with E-state index in [4.69, 9.17) is 5.11 Å². The number of hydrogen-bond donors (Lipinski definition) is 2. The highest BCUT2D eigenvalue weighted by molar-refractivity contribution is 5.91.